The molecule has 0 radical (unpaired) electrons. The van der Waals surface area contributed by atoms with E-state index in [4.69, 9.17) is 4.99 Å². The number of fused-ring (bicyclic) bond motifs is 2. The number of nitrogens with zero attached hydrogens (tertiary/aromatic N) is 3. The van der Waals surface area contributed by atoms with Crippen LogP contribution in [-0.2, 0) is 6.54 Å². The number of benzene rings is 3. The summed E-state index contributed by atoms with van der Waals surface area (Å²) in [5.41, 5.74) is 8.85. The average Bonchev–Trinajstić information content (AvgIpc) is 3.01. The first kappa shape index (κ1) is 28.0. The van der Waals surface area contributed by atoms with E-state index in [-0.39, 0.29) is 18.5 Å². The molecule has 1 aliphatic carbocycles. The molecule has 0 saturated heterocycles. The first-order valence-electron chi connectivity index (χ1n) is 14.2. The minimum absolute atomic E-state index is 0.0786. The predicted molar refractivity (Wildman–Crippen MR) is 172 cm³/mol. The lowest BCUT2D eigenvalue weighted by atomic mass is 9.96. The number of aliphatic imine (C=N–C) groups is 1. The van der Waals surface area contributed by atoms with Gasteiger partial charge >= 0.3 is 0 Å². The summed E-state index contributed by atoms with van der Waals surface area (Å²) in [6.45, 7) is 5.02. The number of aliphatic hydroxyl groups excluding tert-OH is 1. The van der Waals surface area contributed by atoms with Crippen LogP contribution in [0.15, 0.2) is 110 Å². The molecule has 4 N–H and O–H groups in total. The molecule has 2 heterocycles. The second-order valence-electron chi connectivity index (χ2n) is 10.6. The zero-order chi connectivity index (χ0) is 29.1. The molecule has 0 fully saturated rings. The van der Waals surface area contributed by atoms with Gasteiger partial charge in [0, 0.05) is 27.6 Å². The van der Waals surface area contributed by atoms with Crippen molar-refractivity contribution in [2.24, 2.45) is 10.9 Å². The highest BCUT2D eigenvalue weighted by Crippen LogP contribution is 2.37. The maximum absolute atomic E-state index is 13.2. The van der Waals surface area contributed by atoms with Crippen LogP contribution in [0.1, 0.15) is 30.3 Å². The Morgan fingerprint density at radius 2 is 1.83 bits per heavy atom. The monoisotopic (exact) mass is 578 g/mol. The van der Waals surface area contributed by atoms with Crippen molar-refractivity contribution < 1.29 is 5.11 Å². The number of anilines is 1. The van der Waals surface area contributed by atoms with Gasteiger partial charge in [-0.2, -0.15) is 0 Å². The normalized spacial score (nSPS) is 18.0. The molecule has 2 unspecified atom stereocenters. The highest BCUT2D eigenvalue weighted by molar-refractivity contribution is 8.03. The van der Waals surface area contributed by atoms with E-state index in [2.05, 4.69) is 52.3 Å². The summed E-state index contributed by atoms with van der Waals surface area (Å²) in [6, 6.07) is 23.8. The number of allylic oxidation sites excluding steroid dienone is 2. The number of aliphatic hydroxyl groups is 1. The third-order valence-corrected chi connectivity index (χ3v) is 8.79. The Morgan fingerprint density at radius 1 is 1.05 bits per heavy atom. The van der Waals surface area contributed by atoms with Gasteiger partial charge in [-0.1, -0.05) is 79.4 Å². The standard InChI is InChI=1S/C33H34N6O2S/c1-21-15-16-31(24(17-21)20-40)42-30-14-8-3-9-23(30)18-34-33-37-27-12-6-4-10-25(27)29(38-33)19-35-39-22(2)36-28-13-7-5-11-26(28)32(39)41/h3-16,21,33-35,37,40H,17-20H2,1-2H3. The third kappa shape index (κ3) is 5.90. The lowest BCUT2D eigenvalue weighted by Crippen LogP contribution is -2.41. The smallest absolute Gasteiger partial charge is 0.279 e. The lowest BCUT2D eigenvalue weighted by Gasteiger charge is -2.27. The minimum Gasteiger partial charge on any atom is -0.392 e. The molecule has 1 aromatic heterocycles. The summed E-state index contributed by atoms with van der Waals surface area (Å²) in [5, 5.41) is 17.6. The van der Waals surface area contributed by atoms with Crippen LogP contribution >= 0.6 is 11.8 Å². The first-order chi connectivity index (χ1) is 20.5. The zero-order valence-corrected chi connectivity index (χ0v) is 24.5. The highest BCUT2D eigenvalue weighted by atomic mass is 32.2. The van der Waals surface area contributed by atoms with Crippen LogP contribution in [0.3, 0.4) is 0 Å². The van der Waals surface area contributed by atoms with Crippen molar-refractivity contribution in [2.75, 3.05) is 23.9 Å². The molecule has 42 heavy (non-hydrogen) atoms. The number of rotatable bonds is 9. The molecular weight excluding hydrogens is 544 g/mol. The maximum Gasteiger partial charge on any atom is 0.279 e. The van der Waals surface area contributed by atoms with Crippen LogP contribution in [-0.4, -0.2) is 39.9 Å². The molecule has 0 bridgehead atoms. The van der Waals surface area contributed by atoms with Gasteiger partial charge in [0.25, 0.3) is 5.56 Å². The summed E-state index contributed by atoms with van der Waals surface area (Å²) < 4.78 is 1.50. The molecule has 214 valence electrons. The Balaban J connectivity index is 1.21. The van der Waals surface area contributed by atoms with Crippen LogP contribution in [0.5, 0.6) is 0 Å². The summed E-state index contributed by atoms with van der Waals surface area (Å²) >= 11 is 1.70. The number of para-hydroxylation sites is 2. The van der Waals surface area contributed by atoms with Crippen molar-refractivity contribution in [3.63, 3.8) is 0 Å². The van der Waals surface area contributed by atoms with Crippen LogP contribution < -0.4 is 21.6 Å². The number of aryl methyl sites for hydroxylation is 1. The van der Waals surface area contributed by atoms with Gasteiger partial charge in [0.2, 0.25) is 0 Å². The zero-order valence-electron chi connectivity index (χ0n) is 23.7. The molecule has 6 rings (SSSR count). The van der Waals surface area contributed by atoms with Gasteiger partial charge in [-0.05, 0) is 54.7 Å². The van der Waals surface area contributed by atoms with E-state index in [1.807, 2.05) is 61.5 Å². The molecule has 0 saturated carbocycles. The van der Waals surface area contributed by atoms with Crippen molar-refractivity contribution >= 4 is 34.1 Å². The Hall–Kier alpha value is -4.18. The molecular formula is C33H34N6O2S. The SMILES string of the molecule is Cc1nc2ccccc2c(=O)n1NCC1=NC(NCc2ccccc2SC2=C(CO)CC(C)C=C2)Nc2ccccc21. The van der Waals surface area contributed by atoms with Crippen LogP contribution in [0.4, 0.5) is 5.69 Å². The van der Waals surface area contributed by atoms with E-state index >= 15 is 0 Å². The average molecular weight is 579 g/mol. The van der Waals surface area contributed by atoms with E-state index in [9.17, 15) is 9.90 Å². The predicted octanol–water partition coefficient (Wildman–Crippen LogP) is 5.17. The quantitative estimate of drug-likeness (QED) is 0.217. The van der Waals surface area contributed by atoms with E-state index < -0.39 is 0 Å². The van der Waals surface area contributed by atoms with Crippen molar-refractivity contribution in [1.29, 1.82) is 0 Å². The van der Waals surface area contributed by atoms with Gasteiger partial charge in [-0.15, -0.1) is 0 Å². The second kappa shape index (κ2) is 12.4. The lowest BCUT2D eigenvalue weighted by molar-refractivity contribution is 0.322. The molecule has 8 nitrogen and oxygen atoms in total. The Labute approximate surface area is 249 Å². The summed E-state index contributed by atoms with van der Waals surface area (Å²) in [7, 11) is 0. The molecule has 3 aromatic carbocycles. The van der Waals surface area contributed by atoms with Gasteiger partial charge < -0.3 is 15.8 Å². The second-order valence-corrected chi connectivity index (χ2v) is 11.7. The van der Waals surface area contributed by atoms with Gasteiger partial charge in [-0.3, -0.25) is 10.1 Å². The molecule has 9 heteroatoms. The first-order valence-corrected chi connectivity index (χ1v) is 15.0. The molecule has 0 spiro atoms. The van der Waals surface area contributed by atoms with Crippen LogP contribution in [0, 0.1) is 12.8 Å². The van der Waals surface area contributed by atoms with E-state index in [1.54, 1.807) is 17.8 Å². The van der Waals surface area contributed by atoms with E-state index in [0.29, 0.717) is 35.7 Å². The minimum atomic E-state index is -0.357. The number of nitrogens with one attached hydrogen (secondary N) is 3. The Morgan fingerprint density at radius 3 is 2.71 bits per heavy atom. The van der Waals surface area contributed by atoms with Gasteiger partial charge in [-0.25, -0.2) is 14.7 Å². The third-order valence-electron chi connectivity index (χ3n) is 7.53. The number of hydrogen-bond acceptors (Lipinski definition) is 8. The van der Waals surface area contributed by atoms with E-state index in [1.165, 1.54) is 4.68 Å². The van der Waals surface area contributed by atoms with Gasteiger partial charge in [0.05, 0.1) is 29.8 Å². The van der Waals surface area contributed by atoms with Crippen LogP contribution in [0.25, 0.3) is 10.9 Å². The summed E-state index contributed by atoms with van der Waals surface area (Å²) in [5.74, 6) is 1.03. The number of hydrogen-bond donors (Lipinski definition) is 4. The summed E-state index contributed by atoms with van der Waals surface area (Å²) in [4.78, 5) is 25.0. The fraction of sp³-hybridized carbons (Fsp3) is 0.242. The molecule has 0 amide bonds. The Bertz CT molecular complexity index is 1780. The van der Waals surface area contributed by atoms with Crippen LogP contribution in [0.2, 0.25) is 0 Å². The van der Waals surface area contributed by atoms with Crippen molar-refractivity contribution in [2.45, 2.75) is 38.0 Å². The summed E-state index contributed by atoms with van der Waals surface area (Å²) in [6.07, 6.45) is 4.87. The molecule has 2 aliphatic rings. The fourth-order valence-corrected chi connectivity index (χ4v) is 6.43. The number of aromatic nitrogens is 2. The van der Waals surface area contributed by atoms with Gasteiger partial charge in [0.15, 0.2) is 6.29 Å². The van der Waals surface area contributed by atoms with Crippen molar-refractivity contribution in [1.82, 2.24) is 15.0 Å². The van der Waals surface area contributed by atoms with E-state index in [0.717, 1.165) is 44.3 Å². The highest BCUT2D eigenvalue weighted by Gasteiger charge is 2.21. The fourth-order valence-electron chi connectivity index (χ4n) is 5.34. The molecule has 1 aliphatic heterocycles. The van der Waals surface area contributed by atoms with Crippen molar-refractivity contribution in [3.8, 4) is 0 Å². The topological polar surface area (TPSA) is 104 Å². The Kier molecular flexibility index (Phi) is 8.23. The molecule has 2 atom stereocenters. The maximum atomic E-state index is 13.2. The largest absolute Gasteiger partial charge is 0.392 e. The van der Waals surface area contributed by atoms with Gasteiger partial charge in [0.1, 0.15) is 5.82 Å². The van der Waals surface area contributed by atoms with Crippen molar-refractivity contribution in [3.05, 3.63) is 123 Å². The molecule has 4 aromatic rings. The number of thioether (sulfide) groups is 1.